The van der Waals surface area contributed by atoms with E-state index in [0.717, 1.165) is 17.9 Å². The molecule has 0 saturated heterocycles. The molecule has 0 radical (unpaired) electrons. The zero-order chi connectivity index (χ0) is 23.1. The van der Waals surface area contributed by atoms with Crippen molar-refractivity contribution in [3.8, 4) is 0 Å². The van der Waals surface area contributed by atoms with Crippen molar-refractivity contribution < 1.29 is 13.2 Å². The number of carbonyl (C=O) groups is 1. The zero-order valence-corrected chi connectivity index (χ0v) is 20.1. The topological polar surface area (TPSA) is 81.9 Å². The summed E-state index contributed by atoms with van der Waals surface area (Å²) in [6, 6.07) is 8.05. The largest absolute Gasteiger partial charge is 0.327 e. The van der Waals surface area contributed by atoms with Gasteiger partial charge in [-0.05, 0) is 56.0 Å². The summed E-state index contributed by atoms with van der Waals surface area (Å²) in [5.74, 6) is 1.47. The van der Waals surface area contributed by atoms with Gasteiger partial charge in [0.25, 0.3) is 0 Å². The molecule has 2 aromatic heterocycles. The minimum absolute atomic E-state index is 0.0699. The first-order valence-electron chi connectivity index (χ1n) is 11.3. The fraction of sp³-hybridized carbons (Fsp3) is 0.480. The van der Waals surface area contributed by atoms with Crippen LogP contribution in [-0.4, -0.2) is 28.7 Å². The van der Waals surface area contributed by atoms with Gasteiger partial charge in [0.1, 0.15) is 5.82 Å². The van der Waals surface area contributed by atoms with Crippen molar-refractivity contribution in [2.45, 2.75) is 81.7 Å². The lowest BCUT2D eigenvalue weighted by Crippen LogP contribution is -2.22. The maximum atomic E-state index is 13.2. The van der Waals surface area contributed by atoms with E-state index in [2.05, 4.69) is 30.3 Å². The smallest absolute Gasteiger partial charge is 0.223 e. The average molecular weight is 454 g/mol. The Bertz CT molecular complexity index is 1250. The predicted molar refractivity (Wildman–Crippen MR) is 125 cm³/mol. The van der Waals surface area contributed by atoms with Crippen molar-refractivity contribution in [2.24, 2.45) is 5.92 Å². The molecular weight excluding hydrogens is 422 g/mol. The Morgan fingerprint density at radius 2 is 1.81 bits per heavy atom. The molecule has 7 heteroatoms. The van der Waals surface area contributed by atoms with Gasteiger partial charge in [0.15, 0.2) is 10.8 Å². The molecule has 1 fully saturated rings. The molecule has 4 rings (SSSR count). The van der Waals surface area contributed by atoms with E-state index in [4.69, 9.17) is 4.98 Å². The van der Waals surface area contributed by atoms with Crippen LogP contribution in [0.25, 0.3) is 11.0 Å². The van der Waals surface area contributed by atoms with E-state index in [1.54, 1.807) is 12.1 Å². The molecule has 0 bridgehead atoms. The molecule has 2 heterocycles. The van der Waals surface area contributed by atoms with E-state index in [0.29, 0.717) is 17.0 Å². The number of Topliss-reactive ketones (excluding diaryl/α,β-unsaturated/α-hetero) is 1. The summed E-state index contributed by atoms with van der Waals surface area (Å²) in [6.45, 7) is 8.77. The quantitative estimate of drug-likeness (QED) is 0.487. The number of rotatable bonds is 5. The van der Waals surface area contributed by atoms with E-state index in [-0.39, 0.29) is 21.1 Å². The highest BCUT2D eigenvalue weighted by Crippen LogP contribution is 2.32. The summed E-state index contributed by atoms with van der Waals surface area (Å²) in [5.41, 5.74) is 1.89. The summed E-state index contributed by atoms with van der Waals surface area (Å²) in [6.07, 6.45) is 7.65. The Morgan fingerprint density at radius 3 is 2.41 bits per heavy atom. The van der Waals surface area contributed by atoms with E-state index in [1.807, 2.05) is 6.07 Å². The Labute approximate surface area is 190 Å². The molecule has 3 aromatic rings. The molecule has 1 aliphatic carbocycles. The SMILES string of the molecule is CC(=O)c1ccc(S(=O)(=O)c2ccc3c(c2)nc(C(C)(C)C)n3CC2CCCCC2)nc1. The Balaban J connectivity index is 1.76. The zero-order valence-electron chi connectivity index (χ0n) is 19.3. The normalized spacial score (nSPS) is 15.9. The summed E-state index contributed by atoms with van der Waals surface area (Å²) < 4.78 is 28.7. The number of hydrogen-bond donors (Lipinski definition) is 0. The van der Waals surface area contributed by atoms with Crippen LogP contribution < -0.4 is 0 Å². The minimum Gasteiger partial charge on any atom is -0.327 e. The fourth-order valence-corrected chi connectivity index (χ4v) is 5.72. The van der Waals surface area contributed by atoms with Crippen molar-refractivity contribution in [3.05, 3.63) is 47.9 Å². The van der Waals surface area contributed by atoms with E-state index in [1.165, 1.54) is 57.4 Å². The second-order valence-electron chi connectivity index (χ2n) is 9.90. The van der Waals surface area contributed by atoms with Crippen LogP contribution in [0.1, 0.15) is 76.0 Å². The van der Waals surface area contributed by atoms with Crippen LogP contribution in [0.15, 0.2) is 46.5 Å². The molecule has 6 nitrogen and oxygen atoms in total. The summed E-state index contributed by atoms with van der Waals surface area (Å²) >= 11 is 0. The summed E-state index contributed by atoms with van der Waals surface area (Å²) in [4.78, 5) is 20.6. The third-order valence-corrected chi connectivity index (χ3v) is 7.95. The molecule has 0 N–H and O–H groups in total. The van der Waals surface area contributed by atoms with Gasteiger partial charge >= 0.3 is 0 Å². The van der Waals surface area contributed by atoms with Crippen LogP contribution in [0.4, 0.5) is 0 Å². The van der Waals surface area contributed by atoms with Gasteiger partial charge in [-0.2, -0.15) is 0 Å². The number of imidazole rings is 1. The Kier molecular flexibility index (Phi) is 5.96. The molecule has 0 unspecified atom stereocenters. The predicted octanol–water partition coefficient (Wildman–Crippen LogP) is 5.34. The second kappa shape index (κ2) is 8.43. The minimum atomic E-state index is -3.81. The van der Waals surface area contributed by atoms with Crippen LogP contribution in [-0.2, 0) is 21.8 Å². The number of carbonyl (C=O) groups excluding carboxylic acids is 1. The maximum absolute atomic E-state index is 13.2. The number of fused-ring (bicyclic) bond motifs is 1. The molecule has 1 aromatic carbocycles. The maximum Gasteiger partial charge on any atom is 0.223 e. The first-order chi connectivity index (χ1) is 15.1. The van der Waals surface area contributed by atoms with Crippen molar-refractivity contribution in [3.63, 3.8) is 0 Å². The highest BCUT2D eigenvalue weighted by Gasteiger charge is 2.27. The highest BCUT2D eigenvalue weighted by atomic mass is 32.2. The molecule has 32 heavy (non-hydrogen) atoms. The van der Waals surface area contributed by atoms with Gasteiger partial charge in [0, 0.05) is 23.7 Å². The fourth-order valence-electron chi connectivity index (χ4n) is 4.53. The lowest BCUT2D eigenvalue weighted by molar-refractivity contribution is 0.101. The lowest BCUT2D eigenvalue weighted by Gasteiger charge is -2.26. The summed E-state index contributed by atoms with van der Waals surface area (Å²) in [7, 11) is -3.81. The molecule has 0 amide bonds. The molecule has 0 aliphatic heterocycles. The highest BCUT2D eigenvalue weighted by molar-refractivity contribution is 7.91. The summed E-state index contributed by atoms with van der Waals surface area (Å²) in [5, 5.41) is -0.0699. The van der Waals surface area contributed by atoms with Gasteiger partial charge < -0.3 is 4.57 Å². The molecule has 1 aliphatic rings. The molecule has 0 spiro atoms. The molecule has 0 atom stereocenters. The van der Waals surface area contributed by atoms with Crippen LogP contribution in [0.3, 0.4) is 0 Å². The van der Waals surface area contributed by atoms with Crippen LogP contribution in [0.2, 0.25) is 0 Å². The Morgan fingerprint density at radius 1 is 1.09 bits per heavy atom. The van der Waals surface area contributed by atoms with Crippen molar-refractivity contribution in [1.82, 2.24) is 14.5 Å². The van der Waals surface area contributed by atoms with Gasteiger partial charge in [-0.15, -0.1) is 0 Å². The number of benzene rings is 1. The van der Waals surface area contributed by atoms with Crippen molar-refractivity contribution in [1.29, 1.82) is 0 Å². The van der Waals surface area contributed by atoms with Gasteiger partial charge in [-0.25, -0.2) is 18.4 Å². The van der Waals surface area contributed by atoms with Gasteiger partial charge in [0.05, 0.1) is 15.9 Å². The number of nitrogens with zero attached hydrogens (tertiary/aromatic N) is 3. The lowest BCUT2D eigenvalue weighted by atomic mass is 9.88. The molecular formula is C25H31N3O3S. The number of sulfone groups is 1. The van der Waals surface area contributed by atoms with Crippen LogP contribution in [0, 0.1) is 5.92 Å². The molecule has 170 valence electrons. The third-order valence-electron chi connectivity index (χ3n) is 6.28. The number of hydrogen-bond acceptors (Lipinski definition) is 5. The van der Waals surface area contributed by atoms with Crippen LogP contribution in [0.5, 0.6) is 0 Å². The van der Waals surface area contributed by atoms with Crippen molar-refractivity contribution in [2.75, 3.05) is 0 Å². The van der Waals surface area contributed by atoms with Gasteiger partial charge in [-0.3, -0.25) is 4.79 Å². The first-order valence-corrected chi connectivity index (χ1v) is 12.8. The van der Waals surface area contributed by atoms with Gasteiger partial charge in [-0.1, -0.05) is 40.0 Å². The molecule has 1 saturated carbocycles. The van der Waals surface area contributed by atoms with Gasteiger partial charge in [0.2, 0.25) is 9.84 Å². The van der Waals surface area contributed by atoms with E-state index < -0.39 is 9.84 Å². The Hall–Kier alpha value is -2.54. The van der Waals surface area contributed by atoms with E-state index >= 15 is 0 Å². The van der Waals surface area contributed by atoms with E-state index in [9.17, 15) is 13.2 Å². The third kappa shape index (κ3) is 4.35. The standard InChI is InChI=1S/C25H31N3O3S/c1-17(29)19-10-13-23(26-15-19)32(30,31)20-11-12-22-21(14-20)27-24(25(2,3)4)28(22)16-18-8-6-5-7-9-18/h10-15,18H,5-9,16H2,1-4H3. The second-order valence-corrected chi connectivity index (χ2v) is 11.8. The van der Waals surface area contributed by atoms with Crippen molar-refractivity contribution >= 4 is 26.7 Å². The number of aromatic nitrogens is 3. The number of ketones is 1. The monoisotopic (exact) mass is 453 g/mol. The average Bonchev–Trinajstić information content (AvgIpc) is 3.13. The first kappa shape index (κ1) is 22.6. The van der Waals surface area contributed by atoms with Crippen LogP contribution >= 0.6 is 0 Å². The number of pyridine rings is 1.